The second-order valence-electron chi connectivity index (χ2n) is 4.71. The van der Waals surface area contributed by atoms with Gasteiger partial charge in [0.1, 0.15) is 6.04 Å². The van der Waals surface area contributed by atoms with E-state index in [9.17, 15) is 9.59 Å². The summed E-state index contributed by atoms with van der Waals surface area (Å²) in [4.78, 5) is 27.2. The van der Waals surface area contributed by atoms with Gasteiger partial charge in [0.05, 0.1) is 13.2 Å². The van der Waals surface area contributed by atoms with E-state index in [1.54, 1.807) is 6.92 Å². The van der Waals surface area contributed by atoms with Crippen LogP contribution >= 0.6 is 0 Å². The van der Waals surface area contributed by atoms with E-state index in [1.807, 2.05) is 6.92 Å². The zero-order valence-electron chi connectivity index (χ0n) is 13.0. The number of nitrogens with two attached hydrogens (primary N) is 2. The van der Waals surface area contributed by atoms with Crippen molar-refractivity contribution in [2.45, 2.75) is 45.2 Å². The fourth-order valence-corrected chi connectivity index (χ4v) is 1.51. The van der Waals surface area contributed by atoms with Crippen LogP contribution < -0.4 is 22.1 Å². The molecule has 21 heavy (non-hydrogen) atoms. The Morgan fingerprint density at radius 2 is 2.05 bits per heavy atom. The average molecular weight is 301 g/mol. The molecule has 0 aliphatic heterocycles. The molecular formula is C13H27N5O3. The summed E-state index contributed by atoms with van der Waals surface area (Å²) in [5.74, 6) is -0.495. The van der Waals surface area contributed by atoms with Gasteiger partial charge in [0.25, 0.3) is 0 Å². The van der Waals surface area contributed by atoms with Gasteiger partial charge >= 0.3 is 5.97 Å². The zero-order valence-corrected chi connectivity index (χ0v) is 13.0. The van der Waals surface area contributed by atoms with E-state index < -0.39 is 18.1 Å². The van der Waals surface area contributed by atoms with Crippen molar-refractivity contribution < 1.29 is 14.3 Å². The van der Waals surface area contributed by atoms with Crippen molar-refractivity contribution in [3.8, 4) is 0 Å². The van der Waals surface area contributed by atoms with Gasteiger partial charge in [-0.1, -0.05) is 6.92 Å². The summed E-state index contributed by atoms with van der Waals surface area (Å²) in [5.41, 5.74) is 11.1. The van der Waals surface area contributed by atoms with Gasteiger partial charge in [0.2, 0.25) is 5.91 Å². The zero-order chi connectivity index (χ0) is 16.3. The van der Waals surface area contributed by atoms with E-state index >= 15 is 0 Å². The molecule has 0 aromatic rings. The minimum Gasteiger partial charge on any atom is -0.467 e. The lowest BCUT2D eigenvalue weighted by Gasteiger charge is -2.17. The number of esters is 1. The minimum atomic E-state index is -0.705. The van der Waals surface area contributed by atoms with Crippen LogP contribution in [0.5, 0.6) is 0 Å². The van der Waals surface area contributed by atoms with Crippen molar-refractivity contribution in [1.82, 2.24) is 10.6 Å². The lowest BCUT2D eigenvalue weighted by Crippen LogP contribution is -2.48. The van der Waals surface area contributed by atoms with Crippen LogP contribution in [0.1, 0.15) is 33.1 Å². The van der Waals surface area contributed by atoms with Gasteiger partial charge in [0, 0.05) is 13.1 Å². The van der Waals surface area contributed by atoms with Gasteiger partial charge in [-0.2, -0.15) is 0 Å². The molecule has 0 aromatic carbocycles. The number of ether oxygens (including phenoxy) is 1. The highest BCUT2D eigenvalue weighted by molar-refractivity contribution is 5.87. The molecule has 2 atom stereocenters. The molecule has 8 nitrogen and oxygen atoms in total. The standard InChI is InChI=1S/C13H27N5O3/c1-4-7-16-13(15)17-8-5-6-10(12(20)21-3)18-11(19)9(2)14/h9-10H,4-8,14H2,1-3H3,(H,18,19)(H3,15,16,17)/t9-,10-/m0/s1. The molecule has 0 bridgehead atoms. The minimum absolute atomic E-state index is 0.381. The summed E-state index contributed by atoms with van der Waals surface area (Å²) >= 11 is 0. The molecule has 0 aromatic heterocycles. The Morgan fingerprint density at radius 3 is 2.57 bits per heavy atom. The molecular weight excluding hydrogens is 274 g/mol. The topological polar surface area (TPSA) is 132 Å². The number of nitrogens with one attached hydrogen (secondary N) is 2. The molecule has 8 heteroatoms. The highest BCUT2D eigenvalue weighted by Gasteiger charge is 2.22. The van der Waals surface area contributed by atoms with E-state index in [2.05, 4.69) is 20.4 Å². The lowest BCUT2D eigenvalue weighted by atomic mass is 10.1. The second-order valence-corrected chi connectivity index (χ2v) is 4.71. The SMILES string of the molecule is CCCN=C(N)NCCC[C@H](NC(=O)[C@H](C)N)C(=O)OC. The van der Waals surface area contributed by atoms with Crippen molar-refractivity contribution in [2.24, 2.45) is 16.5 Å². The predicted octanol–water partition coefficient (Wildman–Crippen LogP) is -0.914. The summed E-state index contributed by atoms with van der Waals surface area (Å²) in [6.07, 6.45) is 1.98. The predicted molar refractivity (Wildman–Crippen MR) is 81.6 cm³/mol. The van der Waals surface area contributed by atoms with Crippen LogP contribution in [0.4, 0.5) is 0 Å². The molecule has 6 N–H and O–H groups in total. The summed E-state index contributed by atoms with van der Waals surface area (Å²) in [6, 6.07) is -1.38. The summed E-state index contributed by atoms with van der Waals surface area (Å²) in [5, 5.41) is 5.51. The van der Waals surface area contributed by atoms with Crippen molar-refractivity contribution in [2.75, 3.05) is 20.2 Å². The Kier molecular flexibility index (Phi) is 9.95. The molecule has 0 aliphatic rings. The van der Waals surface area contributed by atoms with Gasteiger partial charge in [-0.15, -0.1) is 0 Å². The van der Waals surface area contributed by atoms with Crippen LogP contribution in [0.15, 0.2) is 4.99 Å². The van der Waals surface area contributed by atoms with E-state index in [4.69, 9.17) is 11.5 Å². The third-order valence-corrected chi connectivity index (χ3v) is 2.70. The Balaban J connectivity index is 4.19. The van der Waals surface area contributed by atoms with Crippen LogP contribution in [-0.4, -0.2) is 50.1 Å². The maximum absolute atomic E-state index is 11.6. The molecule has 0 saturated heterocycles. The molecule has 0 rings (SSSR count). The maximum Gasteiger partial charge on any atom is 0.328 e. The van der Waals surface area contributed by atoms with Gasteiger partial charge in [-0.05, 0) is 26.2 Å². The van der Waals surface area contributed by atoms with E-state index in [0.717, 1.165) is 6.42 Å². The van der Waals surface area contributed by atoms with E-state index in [0.29, 0.717) is 31.9 Å². The quantitative estimate of drug-likeness (QED) is 0.189. The molecule has 1 amide bonds. The highest BCUT2D eigenvalue weighted by atomic mass is 16.5. The first-order valence-electron chi connectivity index (χ1n) is 7.09. The van der Waals surface area contributed by atoms with Gasteiger partial charge in [-0.25, -0.2) is 4.79 Å². The second kappa shape index (κ2) is 10.9. The van der Waals surface area contributed by atoms with Gasteiger partial charge in [-0.3, -0.25) is 9.79 Å². The number of guanidine groups is 1. The normalized spacial score (nSPS) is 14.2. The molecule has 0 radical (unpaired) electrons. The molecule has 0 heterocycles. The number of carbonyl (C=O) groups is 2. The molecule has 0 fully saturated rings. The number of carbonyl (C=O) groups excluding carboxylic acids is 2. The Labute approximate surface area is 125 Å². The van der Waals surface area contributed by atoms with Gasteiger partial charge < -0.3 is 26.8 Å². The highest BCUT2D eigenvalue weighted by Crippen LogP contribution is 2.00. The molecule has 0 aliphatic carbocycles. The van der Waals surface area contributed by atoms with Crippen molar-refractivity contribution in [3.63, 3.8) is 0 Å². The number of hydrogen-bond donors (Lipinski definition) is 4. The van der Waals surface area contributed by atoms with Crippen LogP contribution in [0.2, 0.25) is 0 Å². The third kappa shape index (κ3) is 8.85. The lowest BCUT2D eigenvalue weighted by molar-refractivity contribution is -0.145. The van der Waals surface area contributed by atoms with Crippen LogP contribution in [0.3, 0.4) is 0 Å². The summed E-state index contributed by atoms with van der Waals surface area (Å²) < 4.78 is 4.66. The molecule has 0 spiro atoms. The molecule has 0 saturated carbocycles. The molecule has 122 valence electrons. The number of rotatable bonds is 9. The summed E-state index contributed by atoms with van der Waals surface area (Å²) in [6.45, 7) is 4.80. The first-order chi connectivity index (χ1) is 9.92. The van der Waals surface area contributed by atoms with Crippen molar-refractivity contribution in [1.29, 1.82) is 0 Å². The van der Waals surface area contributed by atoms with E-state index in [-0.39, 0.29) is 5.91 Å². The molecule has 0 unspecified atom stereocenters. The maximum atomic E-state index is 11.6. The Hall–Kier alpha value is -1.83. The fraction of sp³-hybridized carbons (Fsp3) is 0.769. The third-order valence-electron chi connectivity index (χ3n) is 2.70. The van der Waals surface area contributed by atoms with E-state index in [1.165, 1.54) is 7.11 Å². The van der Waals surface area contributed by atoms with Crippen LogP contribution in [0.25, 0.3) is 0 Å². The Bertz CT molecular complexity index is 358. The van der Waals surface area contributed by atoms with Crippen molar-refractivity contribution >= 4 is 17.8 Å². The largest absolute Gasteiger partial charge is 0.467 e. The van der Waals surface area contributed by atoms with Gasteiger partial charge in [0.15, 0.2) is 5.96 Å². The van der Waals surface area contributed by atoms with Crippen LogP contribution in [0, 0.1) is 0 Å². The Morgan fingerprint density at radius 1 is 1.38 bits per heavy atom. The number of amides is 1. The number of nitrogens with zero attached hydrogens (tertiary/aromatic N) is 1. The smallest absolute Gasteiger partial charge is 0.328 e. The number of aliphatic imine (C=N–C) groups is 1. The van der Waals surface area contributed by atoms with Crippen LogP contribution in [-0.2, 0) is 14.3 Å². The first-order valence-corrected chi connectivity index (χ1v) is 7.09. The van der Waals surface area contributed by atoms with Crippen molar-refractivity contribution in [3.05, 3.63) is 0 Å². The monoisotopic (exact) mass is 301 g/mol. The average Bonchev–Trinajstić information content (AvgIpc) is 2.46. The fourth-order valence-electron chi connectivity index (χ4n) is 1.51. The summed E-state index contributed by atoms with van der Waals surface area (Å²) in [7, 11) is 1.28. The number of methoxy groups -OCH3 is 1. The number of hydrogen-bond acceptors (Lipinski definition) is 5. The first kappa shape index (κ1) is 19.2.